The number of nitrogens with one attached hydrogen (secondary N) is 1. The third-order valence-corrected chi connectivity index (χ3v) is 4.01. The Kier molecular flexibility index (Phi) is 4.93. The highest BCUT2D eigenvalue weighted by molar-refractivity contribution is 5.94. The topological polar surface area (TPSA) is 64.0 Å². The number of aryl methyl sites for hydroxylation is 1. The second kappa shape index (κ2) is 6.68. The zero-order chi connectivity index (χ0) is 14.5. The van der Waals surface area contributed by atoms with E-state index < -0.39 is 0 Å². The number of carbonyl (C=O) groups excluding carboxylic acids is 2. The molecule has 1 aromatic heterocycles. The SMILES string of the molecule is CC=O.Cc1c(C(=O)NC2CCC2)nn2c1CCCC2.[HH]. The van der Waals surface area contributed by atoms with Gasteiger partial charge in [-0.2, -0.15) is 5.10 Å². The smallest absolute Gasteiger partial charge is 0.272 e. The van der Waals surface area contributed by atoms with Crippen molar-refractivity contribution in [2.45, 2.75) is 65.0 Å². The first-order valence-electron chi connectivity index (χ1n) is 7.44. The van der Waals surface area contributed by atoms with Crippen LogP contribution in [0.4, 0.5) is 0 Å². The highest BCUT2D eigenvalue weighted by Crippen LogP contribution is 2.22. The van der Waals surface area contributed by atoms with Crippen LogP contribution < -0.4 is 5.32 Å². The summed E-state index contributed by atoms with van der Waals surface area (Å²) in [7, 11) is 0. The number of hydrogen-bond acceptors (Lipinski definition) is 3. The number of carbonyl (C=O) groups is 2. The Bertz CT molecular complexity index is 495. The van der Waals surface area contributed by atoms with Crippen LogP contribution in [-0.4, -0.2) is 28.0 Å². The molecule has 2 aliphatic rings. The van der Waals surface area contributed by atoms with Gasteiger partial charge in [-0.1, -0.05) is 0 Å². The van der Waals surface area contributed by atoms with Gasteiger partial charge in [0.15, 0.2) is 5.69 Å². The molecule has 1 aliphatic heterocycles. The van der Waals surface area contributed by atoms with Gasteiger partial charge in [0.1, 0.15) is 6.29 Å². The molecule has 3 rings (SSSR count). The summed E-state index contributed by atoms with van der Waals surface area (Å²) in [5, 5.41) is 7.53. The summed E-state index contributed by atoms with van der Waals surface area (Å²) in [4.78, 5) is 20.9. The van der Waals surface area contributed by atoms with Gasteiger partial charge in [0.2, 0.25) is 0 Å². The van der Waals surface area contributed by atoms with Crippen molar-refractivity contribution < 1.29 is 11.0 Å². The summed E-state index contributed by atoms with van der Waals surface area (Å²) in [5.74, 6) is 0.0223. The minimum Gasteiger partial charge on any atom is -0.348 e. The second-order valence-corrected chi connectivity index (χ2v) is 5.44. The van der Waals surface area contributed by atoms with Crippen LogP contribution in [0.3, 0.4) is 0 Å². The van der Waals surface area contributed by atoms with E-state index in [-0.39, 0.29) is 7.33 Å². The first kappa shape index (κ1) is 14.8. The molecule has 0 saturated heterocycles. The fourth-order valence-corrected chi connectivity index (χ4v) is 2.66. The van der Waals surface area contributed by atoms with Crippen LogP contribution in [0.5, 0.6) is 0 Å². The van der Waals surface area contributed by atoms with E-state index in [1.165, 1.54) is 31.9 Å². The van der Waals surface area contributed by atoms with Gasteiger partial charge < -0.3 is 10.1 Å². The molecule has 1 aromatic rings. The molecule has 5 nitrogen and oxygen atoms in total. The van der Waals surface area contributed by atoms with Crippen molar-refractivity contribution in [3.63, 3.8) is 0 Å². The molecule has 20 heavy (non-hydrogen) atoms. The lowest BCUT2D eigenvalue weighted by Crippen LogP contribution is -2.39. The maximum absolute atomic E-state index is 12.1. The normalized spacial score (nSPS) is 17.3. The number of fused-ring (bicyclic) bond motifs is 1. The maximum atomic E-state index is 12.1. The van der Waals surface area contributed by atoms with Gasteiger partial charge in [-0.3, -0.25) is 9.48 Å². The number of aldehydes is 1. The Morgan fingerprint density at radius 1 is 1.40 bits per heavy atom. The molecule has 0 radical (unpaired) electrons. The first-order valence-corrected chi connectivity index (χ1v) is 7.44. The lowest BCUT2D eigenvalue weighted by molar-refractivity contribution is -0.106. The summed E-state index contributed by atoms with van der Waals surface area (Å²) in [6.07, 6.45) is 7.70. The van der Waals surface area contributed by atoms with E-state index in [0.29, 0.717) is 11.7 Å². The van der Waals surface area contributed by atoms with E-state index in [4.69, 9.17) is 4.79 Å². The number of rotatable bonds is 2. The van der Waals surface area contributed by atoms with Crippen molar-refractivity contribution >= 4 is 12.2 Å². The van der Waals surface area contributed by atoms with Crippen LogP contribution in [0.15, 0.2) is 0 Å². The molecule has 2 heterocycles. The predicted octanol–water partition coefficient (Wildman–Crippen LogP) is 2.26. The van der Waals surface area contributed by atoms with Gasteiger partial charge in [-0.15, -0.1) is 0 Å². The van der Waals surface area contributed by atoms with E-state index in [9.17, 15) is 4.79 Å². The molecule has 0 aromatic carbocycles. The van der Waals surface area contributed by atoms with Gasteiger partial charge in [-0.05, 0) is 52.4 Å². The van der Waals surface area contributed by atoms with Gasteiger partial charge >= 0.3 is 0 Å². The lowest BCUT2D eigenvalue weighted by atomic mass is 9.93. The lowest BCUT2D eigenvalue weighted by Gasteiger charge is -2.25. The van der Waals surface area contributed by atoms with Crippen LogP contribution >= 0.6 is 0 Å². The molecule has 112 valence electrons. The minimum absolute atomic E-state index is 0. The fourth-order valence-electron chi connectivity index (χ4n) is 2.66. The summed E-state index contributed by atoms with van der Waals surface area (Å²) in [6, 6.07) is 0.389. The van der Waals surface area contributed by atoms with Gasteiger partial charge in [-0.25, -0.2) is 0 Å². The molecule has 0 bridgehead atoms. The Morgan fingerprint density at radius 3 is 2.65 bits per heavy atom. The highest BCUT2D eigenvalue weighted by Gasteiger charge is 2.25. The van der Waals surface area contributed by atoms with E-state index in [2.05, 4.69) is 10.4 Å². The van der Waals surface area contributed by atoms with Crippen LogP contribution in [0.1, 0.15) is 62.2 Å². The average Bonchev–Trinajstić information content (AvgIpc) is 2.73. The van der Waals surface area contributed by atoms with Crippen LogP contribution in [0.25, 0.3) is 0 Å². The molecular weight excluding hydrogens is 254 g/mol. The van der Waals surface area contributed by atoms with E-state index in [1.807, 2.05) is 11.6 Å². The predicted molar refractivity (Wildman–Crippen MR) is 78.9 cm³/mol. The first-order chi connectivity index (χ1) is 9.67. The fraction of sp³-hybridized carbons (Fsp3) is 0.667. The summed E-state index contributed by atoms with van der Waals surface area (Å²) < 4.78 is 2.02. The number of hydrogen-bond donors (Lipinski definition) is 1. The van der Waals surface area contributed by atoms with Crippen molar-refractivity contribution in [3.05, 3.63) is 17.0 Å². The highest BCUT2D eigenvalue weighted by atomic mass is 16.2. The zero-order valence-corrected chi connectivity index (χ0v) is 12.3. The van der Waals surface area contributed by atoms with Crippen molar-refractivity contribution in [1.29, 1.82) is 0 Å². The maximum Gasteiger partial charge on any atom is 0.272 e. The Morgan fingerprint density at radius 2 is 2.10 bits per heavy atom. The van der Waals surface area contributed by atoms with Crippen molar-refractivity contribution in [1.82, 2.24) is 15.1 Å². The van der Waals surface area contributed by atoms with Crippen LogP contribution in [-0.2, 0) is 17.8 Å². The molecule has 1 N–H and O–H groups in total. The third kappa shape index (κ3) is 3.08. The average molecular weight is 279 g/mol. The van der Waals surface area contributed by atoms with Crippen molar-refractivity contribution in [2.75, 3.05) is 0 Å². The Labute approximate surface area is 121 Å². The molecule has 1 saturated carbocycles. The van der Waals surface area contributed by atoms with E-state index in [0.717, 1.165) is 37.7 Å². The molecule has 1 amide bonds. The Balaban J connectivity index is 0.000000510. The molecular formula is C15H25N3O2. The molecule has 0 unspecified atom stereocenters. The van der Waals surface area contributed by atoms with Gasteiger partial charge in [0.25, 0.3) is 5.91 Å². The number of amides is 1. The van der Waals surface area contributed by atoms with Gasteiger partial charge in [0.05, 0.1) is 0 Å². The third-order valence-electron chi connectivity index (χ3n) is 4.01. The van der Waals surface area contributed by atoms with Crippen molar-refractivity contribution in [3.8, 4) is 0 Å². The van der Waals surface area contributed by atoms with Gasteiger partial charge in [0, 0.05) is 25.3 Å². The Hall–Kier alpha value is -1.65. The van der Waals surface area contributed by atoms with E-state index >= 15 is 0 Å². The molecule has 0 atom stereocenters. The quantitative estimate of drug-likeness (QED) is 0.845. The molecule has 1 fully saturated rings. The minimum atomic E-state index is 0. The monoisotopic (exact) mass is 279 g/mol. The van der Waals surface area contributed by atoms with Crippen LogP contribution in [0, 0.1) is 6.92 Å². The zero-order valence-electron chi connectivity index (χ0n) is 12.3. The molecule has 0 spiro atoms. The van der Waals surface area contributed by atoms with E-state index in [1.54, 1.807) is 0 Å². The number of nitrogens with zero attached hydrogens (tertiary/aromatic N) is 2. The molecule has 5 heteroatoms. The largest absolute Gasteiger partial charge is 0.348 e. The van der Waals surface area contributed by atoms with Crippen LogP contribution in [0.2, 0.25) is 0 Å². The molecule has 1 aliphatic carbocycles. The standard InChI is InChI=1S/C13H19N3O.C2H4O.H2/c1-9-11-7-2-3-8-16(11)15-12(9)13(17)14-10-5-4-6-10;1-2-3;/h10H,2-8H2,1H3,(H,14,17);2H,1H3;1H. The number of aromatic nitrogens is 2. The summed E-state index contributed by atoms with van der Waals surface area (Å²) in [6.45, 7) is 4.44. The summed E-state index contributed by atoms with van der Waals surface area (Å²) in [5.41, 5.74) is 2.99. The summed E-state index contributed by atoms with van der Waals surface area (Å²) >= 11 is 0. The van der Waals surface area contributed by atoms with Crippen molar-refractivity contribution in [2.24, 2.45) is 0 Å². The second-order valence-electron chi connectivity index (χ2n) is 5.44.